The summed E-state index contributed by atoms with van der Waals surface area (Å²) in [6, 6.07) is 8.52. The Morgan fingerprint density at radius 1 is 0.756 bits per heavy atom. The van der Waals surface area contributed by atoms with Gasteiger partial charge < -0.3 is 9.97 Å². The van der Waals surface area contributed by atoms with Crippen molar-refractivity contribution in [1.82, 2.24) is 39.9 Å². The highest BCUT2D eigenvalue weighted by Gasteiger charge is 2.18. The zero-order chi connectivity index (χ0) is 28.6. The van der Waals surface area contributed by atoms with Crippen molar-refractivity contribution < 1.29 is 0 Å². The molecule has 0 amide bonds. The summed E-state index contributed by atoms with van der Waals surface area (Å²) < 4.78 is 0. The van der Waals surface area contributed by atoms with E-state index in [1.54, 1.807) is 30.2 Å². The second-order valence-corrected chi connectivity index (χ2v) is 11.5. The van der Waals surface area contributed by atoms with Gasteiger partial charge in [0, 0.05) is 47.9 Å². The Morgan fingerprint density at radius 2 is 1.32 bits per heavy atom. The molecule has 0 radical (unpaired) electrons. The third-order valence-electron chi connectivity index (χ3n) is 6.58. The van der Waals surface area contributed by atoms with Gasteiger partial charge in [0.1, 0.15) is 29.0 Å². The summed E-state index contributed by atoms with van der Waals surface area (Å²) in [5.41, 5.74) is 3.41. The van der Waals surface area contributed by atoms with Crippen LogP contribution in [0.2, 0.25) is 0 Å². The molecule has 6 aromatic rings. The topological polar surface area (TPSA) is 156 Å². The molecule has 6 heterocycles. The third kappa shape index (κ3) is 6.14. The summed E-state index contributed by atoms with van der Waals surface area (Å²) in [6.45, 7) is 4.21. The largest absolute Gasteiger partial charge is 0.346 e. The van der Waals surface area contributed by atoms with Crippen molar-refractivity contribution >= 4 is 44.7 Å². The number of thiazole rings is 2. The molecule has 2 atom stereocenters. The highest BCUT2D eigenvalue weighted by atomic mass is 32.1. The minimum atomic E-state index is -0.123. The Morgan fingerprint density at radius 3 is 1.85 bits per heavy atom. The normalized spacial score (nSPS) is 12.4. The van der Waals surface area contributed by atoms with Crippen LogP contribution in [0.4, 0.5) is 0 Å². The molecule has 6 aromatic heterocycles. The molecule has 0 fully saturated rings. The van der Waals surface area contributed by atoms with Crippen LogP contribution in [0.15, 0.2) is 49.6 Å². The fourth-order valence-electron chi connectivity index (χ4n) is 4.58. The number of nitriles is 2. The molecule has 206 valence electrons. The molecule has 0 aliphatic carbocycles. The second kappa shape index (κ2) is 13.2. The molecule has 2 N–H and O–H groups in total. The smallest absolute Gasteiger partial charge is 0.141 e. The molecule has 0 bridgehead atoms. The van der Waals surface area contributed by atoms with E-state index in [1.807, 2.05) is 30.7 Å². The molecular weight excluding hydrogens is 553 g/mol. The predicted octanol–water partition coefficient (Wildman–Crippen LogP) is 7.37. The number of hydrogen-bond donors (Lipinski definition) is 2. The molecule has 0 spiro atoms. The fourth-order valence-corrected chi connectivity index (χ4v) is 6.66. The van der Waals surface area contributed by atoms with E-state index in [9.17, 15) is 5.26 Å². The van der Waals surface area contributed by atoms with Gasteiger partial charge in [-0.1, -0.05) is 26.7 Å². The lowest BCUT2D eigenvalue weighted by Gasteiger charge is -2.07. The number of H-pyrrole nitrogens is 2. The first-order valence-electron chi connectivity index (χ1n) is 13.4. The van der Waals surface area contributed by atoms with Crippen LogP contribution in [-0.2, 0) is 0 Å². The van der Waals surface area contributed by atoms with Gasteiger partial charge in [-0.25, -0.2) is 29.9 Å². The van der Waals surface area contributed by atoms with Crippen molar-refractivity contribution in [3.63, 3.8) is 0 Å². The first-order valence-corrected chi connectivity index (χ1v) is 15.0. The van der Waals surface area contributed by atoms with Crippen molar-refractivity contribution in [3.05, 3.63) is 59.6 Å². The second-order valence-electron chi connectivity index (χ2n) is 9.37. The van der Waals surface area contributed by atoms with E-state index in [0.717, 1.165) is 78.9 Å². The molecule has 10 nitrogen and oxygen atoms in total. The molecule has 0 aromatic carbocycles. The lowest BCUT2D eigenvalue weighted by atomic mass is 10.0. The van der Waals surface area contributed by atoms with Crippen LogP contribution in [0.25, 0.3) is 43.2 Å². The Balaban J connectivity index is 0.000000165. The first kappa shape index (κ1) is 28.0. The van der Waals surface area contributed by atoms with E-state index in [1.165, 1.54) is 11.3 Å². The number of fused-ring (bicyclic) bond motifs is 2. The Hall–Kier alpha value is -4.52. The summed E-state index contributed by atoms with van der Waals surface area (Å²) in [5, 5.41) is 22.0. The molecule has 12 heteroatoms. The van der Waals surface area contributed by atoms with Crippen LogP contribution in [-0.4, -0.2) is 39.9 Å². The van der Waals surface area contributed by atoms with E-state index >= 15 is 0 Å². The number of aromatic amines is 2. The average Bonchev–Trinajstić information content (AvgIpc) is 3.82. The molecule has 6 rings (SSSR count). The van der Waals surface area contributed by atoms with E-state index in [4.69, 9.17) is 5.26 Å². The average molecular weight is 581 g/mol. The van der Waals surface area contributed by atoms with Gasteiger partial charge in [0.25, 0.3) is 0 Å². The molecule has 0 saturated carbocycles. The van der Waals surface area contributed by atoms with Gasteiger partial charge in [0.05, 0.1) is 44.2 Å². The Labute approximate surface area is 245 Å². The maximum absolute atomic E-state index is 9.22. The summed E-state index contributed by atoms with van der Waals surface area (Å²) in [6.07, 6.45) is 14.8. The molecule has 0 aliphatic rings. The zero-order valence-corrected chi connectivity index (χ0v) is 24.3. The van der Waals surface area contributed by atoms with Gasteiger partial charge in [0.2, 0.25) is 0 Å². The van der Waals surface area contributed by atoms with Crippen molar-refractivity contribution in [2.75, 3.05) is 0 Å². The standard InChI is InChI=1S/C15H15N5S.C14H13N5S/c1-2-3-10(4-6-16)15-18-8-12(21-15)13-11-5-7-17-14(11)20-9-19-13;1-2-3-9(6-15)14-17-7-11(20-14)12-10-4-5-16-13(10)19-8-18-12/h5,7-10H,2-4H2,1H3,(H,17,19,20);4-5,7-9H,2-3H2,1H3,(H,16,18,19)/t10-;9-/m01/s1. The van der Waals surface area contributed by atoms with E-state index in [-0.39, 0.29) is 11.8 Å². The molecule has 0 saturated heterocycles. The summed E-state index contributed by atoms with van der Waals surface area (Å²) >= 11 is 3.16. The summed E-state index contributed by atoms with van der Waals surface area (Å²) in [7, 11) is 0. The highest BCUT2D eigenvalue weighted by Crippen LogP contribution is 2.35. The number of nitrogens with zero attached hydrogens (tertiary/aromatic N) is 8. The maximum atomic E-state index is 9.22. The van der Waals surface area contributed by atoms with Crippen LogP contribution in [0.1, 0.15) is 67.8 Å². The van der Waals surface area contributed by atoms with Gasteiger partial charge >= 0.3 is 0 Å². The van der Waals surface area contributed by atoms with Crippen molar-refractivity contribution in [2.24, 2.45) is 0 Å². The SMILES string of the molecule is CCC[C@@H](CC#N)c1ncc(-c2ncnc3[nH]ccc23)s1.CCC[C@H](C#N)c1ncc(-c2ncnc3[nH]ccc23)s1. The van der Waals surface area contributed by atoms with Crippen LogP contribution < -0.4 is 0 Å². The van der Waals surface area contributed by atoms with Crippen LogP contribution in [0.5, 0.6) is 0 Å². The monoisotopic (exact) mass is 580 g/mol. The van der Waals surface area contributed by atoms with Gasteiger partial charge in [0.15, 0.2) is 0 Å². The Kier molecular flexibility index (Phi) is 9.04. The molecule has 0 aliphatic heterocycles. The van der Waals surface area contributed by atoms with Crippen LogP contribution >= 0.6 is 22.7 Å². The maximum Gasteiger partial charge on any atom is 0.141 e. The molecule has 41 heavy (non-hydrogen) atoms. The third-order valence-corrected chi connectivity index (χ3v) is 8.86. The van der Waals surface area contributed by atoms with Crippen molar-refractivity contribution in [2.45, 2.75) is 57.8 Å². The van der Waals surface area contributed by atoms with Crippen LogP contribution in [0, 0.1) is 22.7 Å². The molecule has 0 unspecified atom stereocenters. The first-order chi connectivity index (χ1) is 20.2. The highest BCUT2D eigenvalue weighted by molar-refractivity contribution is 7.15. The van der Waals surface area contributed by atoms with E-state index < -0.39 is 0 Å². The van der Waals surface area contributed by atoms with Crippen molar-refractivity contribution in [3.8, 4) is 33.3 Å². The Bertz CT molecular complexity index is 1820. The number of aromatic nitrogens is 8. The lowest BCUT2D eigenvalue weighted by molar-refractivity contribution is 0.622. The molecular formula is C29H28N10S2. The quantitative estimate of drug-likeness (QED) is 0.179. The van der Waals surface area contributed by atoms with Gasteiger partial charge in [-0.15, -0.1) is 22.7 Å². The van der Waals surface area contributed by atoms with E-state index in [2.05, 4.69) is 65.9 Å². The summed E-state index contributed by atoms with van der Waals surface area (Å²) in [5.74, 6) is 0.101. The number of hydrogen-bond acceptors (Lipinski definition) is 10. The predicted molar refractivity (Wildman–Crippen MR) is 161 cm³/mol. The van der Waals surface area contributed by atoms with Crippen molar-refractivity contribution in [1.29, 1.82) is 10.5 Å². The minimum Gasteiger partial charge on any atom is -0.346 e. The summed E-state index contributed by atoms with van der Waals surface area (Å²) in [4.78, 5) is 34.2. The zero-order valence-electron chi connectivity index (χ0n) is 22.7. The fraction of sp³-hybridized carbons (Fsp3) is 0.310. The van der Waals surface area contributed by atoms with E-state index in [0.29, 0.717) is 6.42 Å². The minimum absolute atomic E-state index is 0.123. The van der Waals surface area contributed by atoms with Gasteiger partial charge in [-0.05, 0) is 25.0 Å². The van der Waals surface area contributed by atoms with Gasteiger partial charge in [-0.3, -0.25) is 0 Å². The van der Waals surface area contributed by atoms with Crippen LogP contribution in [0.3, 0.4) is 0 Å². The number of nitrogens with one attached hydrogen (secondary N) is 2. The lowest BCUT2D eigenvalue weighted by Crippen LogP contribution is -1.96. The number of rotatable bonds is 9. The van der Waals surface area contributed by atoms with Gasteiger partial charge in [-0.2, -0.15) is 10.5 Å².